The Morgan fingerprint density at radius 3 is 2.64 bits per heavy atom. The van der Waals surface area contributed by atoms with Crippen molar-refractivity contribution in [2.45, 2.75) is 42.8 Å². The van der Waals surface area contributed by atoms with E-state index in [4.69, 9.17) is 5.14 Å². The fraction of sp³-hybridized carbons (Fsp3) is 0.500. The smallest absolute Gasteiger partial charge is 0.238 e. The van der Waals surface area contributed by atoms with Crippen LogP contribution in [0.1, 0.15) is 26.2 Å². The zero-order valence-electron chi connectivity index (χ0n) is 14.1. The summed E-state index contributed by atoms with van der Waals surface area (Å²) in [5.41, 5.74) is 1.41. The van der Waals surface area contributed by atoms with Crippen molar-refractivity contribution in [3.05, 3.63) is 18.2 Å². The number of hydrogen-bond acceptors (Lipinski definition) is 5. The molecule has 1 aromatic heterocycles. The molecule has 2 aromatic rings. The summed E-state index contributed by atoms with van der Waals surface area (Å²) in [6, 6.07) is 4.67. The van der Waals surface area contributed by atoms with Gasteiger partial charge in [0.25, 0.3) is 0 Å². The summed E-state index contributed by atoms with van der Waals surface area (Å²) in [6.07, 6.45) is 3.33. The molecule has 3 rings (SSSR count). The maximum Gasteiger partial charge on any atom is 0.238 e. The van der Waals surface area contributed by atoms with Crippen LogP contribution in [0.15, 0.2) is 28.3 Å². The van der Waals surface area contributed by atoms with Crippen LogP contribution < -0.4 is 5.14 Å². The Balaban J connectivity index is 1.81. The number of nitrogens with zero attached hydrogens (tertiary/aromatic N) is 3. The van der Waals surface area contributed by atoms with Gasteiger partial charge < -0.3 is 9.47 Å². The van der Waals surface area contributed by atoms with E-state index in [1.165, 1.54) is 30.3 Å². The third kappa shape index (κ3) is 3.99. The van der Waals surface area contributed by atoms with E-state index in [0.29, 0.717) is 17.8 Å². The van der Waals surface area contributed by atoms with Gasteiger partial charge in [-0.25, -0.2) is 18.5 Å². The Morgan fingerprint density at radius 2 is 2.00 bits per heavy atom. The monoisotopic (exact) mass is 382 g/mol. The molecular weight excluding hydrogens is 360 g/mol. The molecule has 0 atom stereocenters. The first-order valence-electron chi connectivity index (χ1n) is 8.34. The van der Waals surface area contributed by atoms with E-state index >= 15 is 0 Å². The lowest BCUT2D eigenvalue weighted by Crippen LogP contribution is -2.36. The van der Waals surface area contributed by atoms with E-state index in [-0.39, 0.29) is 10.8 Å². The van der Waals surface area contributed by atoms with E-state index in [2.05, 4.69) is 4.98 Å². The third-order valence-corrected chi connectivity index (χ3v) is 6.24. The van der Waals surface area contributed by atoms with Crippen LogP contribution in [0.25, 0.3) is 11.0 Å². The van der Waals surface area contributed by atoms with E-state index in [9.17, 15) is 13.2 Å². The molecule has 1 aliphatic rings. The normalized spacial score (nSPS) is 15.7. The van der Waals surface area contributed by atoms with E-state index in [1.54, 1.807) is 6.07 Å². The van der Waals surface area contributed by atoms with Gasteiger partial charge in [0.05, 0.1) is 21.7 Å². The van der Waals surface area contributed by atoms with Gasteiger partial charge in [-0.1, -0.05) is 11.8 Å². The van der Waals surface area contributed by atoms with Crippen LogP contribution in [0.4, 0.5) is 0 Å². The SMILES string of the molecule is CCn1c(SCC(=O)N2CCCCC2)nc2cc(S(N)(=O)=O)ccc21. The average Bonchev–Trinajstić information content (AvgIpc) is 2.96. The topological polar surface area (TPSA) is 98.3 Å². The summed E-state index contributed by atoms with van der Waals surface area (Å²) < 4.78 is 25.0. The van der Waals surface area contributed by atoms with Gasteiger partial charge in [0.2, 0.25) is 15.9 Å². The molecule has 136 valence electrons. The third-order valence-electron chi connectivity index (χ3n) is 4.36. The second kappa shape index (κ2) is 7.35. The zero-order valence-corrected chi connectivity index (χ0v) is 15.8. The summed E-state index contributed by atoms with van der Waals surface area (Å²) in [5.74, 6) is 0.468. The van der Waals surface area contributed by atoms with Gasteiger partial charge in [0, 0.05) is 19.6 Å². The Morgan fingerprint density at radius 1 is 1.28 bits per heavy atom. The number of piperidine rings is 1. The minimum absolute atomic E-state index is 0.0432. The van der Waals surface area contributed by atoms with Crippen LogP contribution >= 0.6 is 11.8 Å². The standard InChI is InChI=1S/C16H22N4O3S2/c1-2-20-14-7-6-12(25(17,22)23)10-13(14)18-16(20)24-11-15(21)19-8-4-3-5-9-19/h6-7,10H,2-5,8-9,11H2,1H3,(H2,17,22,23). The van der Waals surface area contributed by atoms with Crippen molar-refractivity contribution in [1.29, 1.82) is 0 Å². The molecule has 0 aliphatic carbocycles. The molecule has 1 aliphatic heterocycles. The number of carbonyl (C=O) groups excluding carboxylic acids is 1. The lowest BCUT2D eigenvalue weighted by molar-refractivity contribution is -0.129. The van der Waals surface area contributed by atoms with E-state index in [1.807, 2.05) is 16.4 Å². The first-order valence-corrected chi connectivity index (χ1v) is 10.9. The summed E-state index contributed by atoms with van der Waals surface area (Å²) in [5, 5.41) is 5.91. The molecule has 7 nitrogen and oxygen atoms in total. The predicted molar refractivity (Wildman–Crippen MR) is 97.9 cm³/mol. The highest BCUT2D eigenvalue weighted by Gasteiger charge is 2.19. The highest BCUT2D eigenvalue weighted by atomic mass is 32.2. The number of fused-ring (bicyclic) bond motifs is 1. The molecule has 0 unspecified atom stereocenters. The second-order valence-corrected chi connectivity index (χ2v) is 8.57. The Hall–Kier alpha value is -1.58. The maximum absolute atomic E-state index is 12.3. The predicted octanol–water partition coefficient (Wildman–Crippen LogP) is 1.81. The van der Waals surface area contributed by atoms with Crippen LogP contribution in [-0.4, -0.2) is 47.6 Å². The highest BCUT2D eigenvalue weighted by Crippen LogP contribution is 2.26. The van der Waals surface area contributed by atoms with Gasteiger partial charge in [-0.15, -0.1) is 0 Å². The van der Waals surface area contributed by atoms with Crippen molar-refractivity contribution in [1.82, 2.24) is 14.5 Å². The first-order chi connectivity index (χ1) is 11.9. The number of carbonyl (C=O) groups is 1. The molecular formula is C16H22N4O3S2. The molecule has 9 heteroatoms. The molecule has 0 bridgehead atoms. The second-order valence-electron chi connectivity index (χ2n) is 6.06. The number of benzene rings is 1. The Bertz CT molecular complexity index is 886. The summed E-state index contributed by atoms with van der Waals surface area (Å²) in [4.78, 5) is 18.8. The zero-order chi connectivity index (χ0) is 18.0. The largest absolute Gasteiger partial charge is 0.342 e. The van der Waals surface area contributed by atoms with Crippen molar-refractivity contribution in [3.63, 3.8) is 0 Å². The minimum Gasteiger partial charge on any atom is -0.342 e. The van der Waals surface area contributed by atoms with Crippen molar-refractivity contribution in [2.24, 2.45) is 5.14 Å². The van der Waals surface area contributed by atoms with Crippen molar-refractivity contribution >= 4 is 38.7 Å². The van der Waals surface area contributed by atoms with Gasteiger partial charge in [-0.3, -0.25) is 4.79 Å². The van der Waals surface area contributed by atoms with Gasteiger partial charge in [0.15, 0.2) is 5.16 Å². The molecule has 0 radical (unpaired) electrons. The molecule has 2 heterocycles. The van der Waals surface area contributed by atoms with E-state index in [0.717, 1.165) is 36.6 Å². The maximum atomic E-state index is 12.3. The van der Waals surface area contributed by atoms with Gasteiger partial charge in [-0.05, 0) is 44.4 Å². The molecule has 0 saturated carbocycles. The number of imidazole rings is 1. The number of primary sulfonamides is 1. The quantitative estimate of drug-likeness (QED) is 0.795. The molecule has 1 aromatic carbocycles. The Labute approximate surface area is 151 Å². The fourth-order valence-corrected chi connectivity index (χ4v) is 4.56. The number of nitrogens with two attached hydrogens (primary N) is 1. The number of thioether (sulfide) groups is 1. The van der Waals surface area contributed by atoms with Crippen molar-refractivity contribution in [2.75, 3.05) is 18.8 Å². The molecule has 2 N–H and O–H groups in total. The average molecular weight is 383 g/mol. The van der Waals surface area contributed by atoms with Crippen LogP contribution in [0, 0.1) is 0 Å². The van der Waals surface area contributed by atoms with Crippen LogP contribution in [0.5, 0.6) is 0 Å². The van der Waals surface area contributed by atoms with Gasteiger partial charge in [-0.2, -0.15) is 0 Å². The number of likely N-dealkylation sites (tertiary alicyclic amines) is 1. The fourth-order valence-electron chi connectivity index (χ4n) is 3.04. The van der Waals surface area contributed by atoms with E-state index < -0.39 is 10.0 Å². The van der Waals surface area contributed by atoms with Crippen molar-refractivity contribution in [3.8, 4) is 0 Å². The minimum atomic E-state index is -3.76. The summed E-state index contributed by atoms with van der Waals surface area (Å²) in [7, 11) is -3.76. The van der Waals surface area contributed by atoms with Crippen LogP contribution in [0.3, 0.4) is 0 Å². The van der Waals surface area contributed by atoms with Gasteiger partial charge in [0.1, 0.15) is 0 Å². The summed E-state index contributed by atoms with van der Waals surface area (Å²) >= 11 is 1.39. The lowest BCUT2D eigenvalue weighted by atomic mass is 10.1. The number of aryl methyl sites for hydroxylation is 1. The van der Waals surface area contributed by atoms with Crippen LogP contribution in [0.2, 0.25) is 0 Å². The number of hydrogen-bond donors (Lipinski definition) is 1. The van der Waals surface area contributed by atoms with Crippen molar-refractivity contribution < 1.29 is 13.2 Å². The number of aromatic nitrogens is 2. The molecule has 1 fully saturated rings. The number of amides is 1. The molecule has 25 heavy (non-hydrogen) atoms. The molecule has 0 spiro atoms. The summed E-state index contributed by atoms with van der Waals surface area (Å²) in [6.45, 7) is 4.35. The number of sulfonamides is 1. The van der Waals surface area contributed by atoms with Crippen LogP contribution in [-0.2, 0) is 21.4 Å². The Kier molecular flexibility index (Phi) is 5.35. The first kappa shape index (κ1) is 18.2. The molecule has 1 amide bonds. The molecule has 1 saturated heterocycles. The van der Waals surface area contributed by atoms with Gasteiger partial charge >= 0.3 is 0 Å². The lowest BCUT2D eigenvalue weighted by Gasteiger charge is -2.26. The highest BCUT2D eigenvalue weighted by molar-refractivity contribution is 7.99. The number of rotatable bonds is 5.